The highest BCUT2D eigenvalue weighted by atomic mass is 16.4. The van der Waals surface area contributed by atoms with Crippen LogP contribution in [-0.4, -0.2) is 36.6 Å². The standard InChI is InChI=1S/C26H31N3O3/c1-18(2)26(32)29-14-7-13-27-16-23-19-8-3-5-10-21(19)24(17-28-15-12-25(30)31)22-11-6-4-9-20(22)23/h3-6,8-11,27-28H,1,7,12-17H2,2H3,(H,29,32)(H,30,31). The smallest absolute Gasteiger partial charge is 0.304 e. The van der Waals surface area contributed by atoms with Gasteiger partial charge in [-0.25, -0.2) is 0 Å². The summed E-state index contributed by atoms with van der Waals surface area (Å²) < 4.78 is 0. The molecule has 6 nitrogen and oxygen atoms in total. The molecule has 168 valence electrons. The molecule has 4 N–H and O–H groups in total. The summed E-state index contributed by atoms with van der Waals surface area (Å²) in [4.78, 5) is 22.4. The maximum Gasteiger partial charge on any atom is 0.304 e. The molecule has 0 saturated carbocycles. The SMILES string of the molecule is C=C(C)C(=O)NCCCNCc1c2ccccc2c(CNCCC(=O)O)c2ccccc12. The highest BCUT2D eigenvalue weighted by Crippen LogP contribution is 2.33. The number of carboxylic acids is 1. The Morgan fingerprint density at radius 3 is 1.72 bits per heavy atom. The molecule has 0 aliphatic carbocycles. The average molecular weight is 434 g/mol. The maximum absolute atomic E-state index is 11.6. The summed E-state index contributed by atoms with van der Waals surface area (Å²) in [6.07, 6.45) is 0.936. The van der Waals surface area contributed by atoms with Crippen LogP contribution in [0.25, 0.3) is 21.5 Å². The topological polar surface area (TPSA) is 90.5 Å². The van der Waals surface area contributed by atoms with Gasteiger partial charge in [0.15, 0.2) is 0 Å². The largest absolute Gasteiger partial charge is 0.481 e. The van der Waals surface area contributed by atoms with Crippen LogP contribution in [0.15, 0.2) is 60.7 Å². The van der Waals surface area contributed by atoms with Crippen LogP contribution in [0.5, 0.6) is 0 Å². The molecule has 32 heavy (non-hydrogen) atoms. The van der Waals surface area contributed by atoms with E-state index < -0.39 is 5.97 Å². The highest BCUT2D eigenvalue weighted by molar-refractivity contribution is 6.05. The first-order chi connectivity index (χ1) is 15.5. The van der Waals surface area contributed by atoms with Crippen LogP contribution in [0.1, 0.15) is 30.9 Å². The van der Waals surface area contributed by atoms with Crippen molar-refractivity contribution in [2.45, 2.75) is 32.9 Å². The summed E-state index contributed by atoms with van der Waals surface area (Å²) in [5.41, 5.74) is 2.96. The molecule has 0 atom stereocenters. The normalized spacial score (nSPS) is 11.0. The molecule has 0 aliphatic rings. The van der Waals surface area contributed by atoms with Gasteiger partial charge in [-0.05, 0) is 52.6 Å². The van der Waals surface area contributed by atoms with Gasteiger partial charge in [0.2, 0.25) is 5.91 Å². The minimum Gasteiger partial charge on any atom is -0.481 e. The van der Waals surface area contributed by atoms with Crippen molar-refractivity contribution >= 4 is 33.4 Å². The minimum absolute atomic E-state index is 0.102. The monoisotopic (exact) mass is 433 g/mol. The predicted octanol–water partition coefficient (Wildman–Crippen LogP) is 3.73. The lowest BCUT2D eigenvalue weighted by atomic mass is 9.91. The second-order valence-corrected chi connectivity index (χ2v) is 7.94. The molecule has 1 amide bonds. The number of benzene rings is 3. The predicted molar refractivity (Wildman–Crippen MR) is 130 cm³/mol. The third-order valence-corrected chi connectivity index (χ3v) is 5.48. The van der Waals surface area contributed by atoms with E-state index in [1.807, 2.05) is 12.1 Å². The van der Waals surface area contributed by atoms with Gasteiger partial charge >= 0.3 is 5.97 Å². The number of nitrogens with one attached hydrogen (secondary N) is 3. The van der Waals surface area contributed by atoms with Gasteiger partial charge in [0, 0.05) is 31.8 Å². The Kier molecular flexibility index (Phi) is 8.36. The first kappa shape index (κ1) is 23.4. The average Bonchev–Trinajstić information content (AvgIpc) is 2.79. The number of rotatable bonds is 12. The molecule has 0 bridgehead atoms. The lowest BCUT2D eigenvalue weighted by molar-refractivity contribution is -0.136. The highest BCUT2D eigenvalue weighted by Gasteiger charge is 2.13. The van der Waals surface area contributed by atoms with E-state index in [-0.39, 0.29) is 12.3 Å². The van der Waals surface area contributed by atoms with Gasteiger partial charge in [-0.15, -0.1) is 0 Å². The van der Waals surface area contributed by atoms with E-state index in [0.717, 1.165) is 19.5 Å². The van der Waals surface area contributed by atoms with Crippen molar-refractivity contribution in [1.82, 2.24) is 16.0 Å². The maximum atomic E-state index is 11.6. The Morgan fingerprint density at radius 1 is 0.812 bits per heavy atom. The fourth-order valence-corrected chi connectivity index (χ4v) is 3.88. The van der Waals surface area contributed by atoms with Gasteiger partial charge in [0.1, 0.15) is 0 Å². The zero-order valence-electron chi connectivity index (χ0n) is 18.5. The molecule has 0 aromatic heterocycles. The molecule has 6 heteroatoms. The molecule has 3 aromatic rings. The number of aliphatic carboxylic acids is 1. The van der Waals surface area contributed by atoms with E-state index in [4.69, 9.17) is 5.11 Å². The summed E-state index contributed by atoms with van der Waals surface area (Å²) in [5, 5.41) is 23.3. The number of carbonyl (C=O) groups excluding carboxylic acids is 1. The third kappa shape index (κ3) is 5.93. The van der Waals surface area contributed by atoms with E-state index in [1.165, 1.54) is 32.7 Å². The first-order valence-electron chi connectivity index (χ1n) is 11.0. The lowest BCUT2D eigenvalue weighted by Gasteiger charge is -2.18. The van der Waals surface area contributed by atoms with Crippen molar-refractivity contribution in [3.8, 4) is 0 Å². The van der Waals surface area contributed by atoms with Crippen LogP contribution >= 0.6 is 0 Å². The number of carbonyl (C=O) groups is 2. The molecule has 0 spiro atoms. The first-order valence-corrected chi connectivity index (χ1v) is 11.0. The molecule has 3 rings (SSSR count). The molecular formula is C26H31N3O3. The van der Waals surface area contributed by atoms with Gasteiger partial charge in [0.25, 0.3) is 0 Å². The second kappa shape index (κ2) is 11.4. The number of carboxylic acid groups (broad SMARTS) is 1. The van der Waals surface area contributed by atoms with Gasteiger partial charge in [-0.3, -0.25) is 9.59 Å². The molecular weight excluding hydrogens is 402 g/mol. The Balaban J connectivity index is 1.78. The fourth-order valence-electron chi connectivity index (χ4n) is 3.88. The van der Waals surface area contributed by atoms with E-state index >= 15 is 0 Å². The molecule has 0 unspecified atom stereocenters. The van der Waals surface area contributed by atoms with Crippen LogP contribution < -0.4 is 16.0 Å². The van der Waals surface area contributed by atoms with Gasteiger partial charge < -0.3 is 21.1 Å². The summed E-state index contributed by atoms with van der Waals surface area (Å²) >= 11 is 0. The zero-order chi connectivity index (χ0) is 22.9. The zero-order valence-corrected chi connectivity index (χ0v) is 18.5. The number of amides is 1. The molecule has 0 heterocycles. The van der Waals surface area contributed by atoms with Crippen LogP contribution in [-0.2, 0) is 22.7 Å². The van der Waals surface area contributed by atoms with E-state index in [9.17, 15) is 9.59 Å². The number of fused-ring (bicyclic) bond motifs is 2. The Labute approximate surface area is 188 Å². The van der Waals surface area contributed by atoms with Crippen LogP contribution in [0.3, 0.4) is 0 Å². The molecule has 0 fully saturated rings. The molecule has 0 aliphatic heterocycles. The number of hydrogen-bond acceptors (Lipinski definition) is 4. The third-order valence-electron chi connectivity index (χ3n) is 5.48. The van der Waals surface area contributed by atoms with Crippen molar-refractivity contribution in [3.63, 3.8) is 0 Å². The van der Waals surface area contributed by atoms with E-state index in [0.29, 0.717) is 25.2 Å². The van der Waals surface area contributed by atoms with E-state index in [1.54, 1.807) is 6.92 Å². The number of hydrogen-bond donors (Lipinski definition) is 4. The lowest BCUT2D eigenvalue weighted by Crippen LogP contribution is -2.27. The Hall–Kier alpha value is -3.22. The molecule has 0 radical (unpaired) electrons. The Bertz CT molecular complexity index is 1070. The summed E-state index contributed by atoms with van der Waals surface area (Å²) in [6.45, 7) is 8.53. The van der Waals surface area contributed by atoms with Crippen molar-refractivity contribution < 1.29 is 14.7 Å². The van der Waals surface area contributed by atoms with Crippen molar-refractivity contribution in [2.75, 3.05) is 19.6 Å². The molecule has 3 aromatic carbocycles. The van der Waals surface area contributed by atoms with Gasteiger partial charge in [-0.2, -0.15) is 0 Å². The van der Waals surface area contributed by atoms with Crippen molar-refractivity contribution in [3.05, 3.63) is 71.8 Å². The summed E-state index contributed by atoms with van der Waals surface area (Å²) in [7, 11) is 0. The quantitative estimate of drug-likeness (QED) is 0.199. The molecule has 0 saturated heterocycles. The van der Waals surface area contributed by atoms with Gasteiger partial charge in [-0.1, -0.05) is 55.1 Å². The van der Waals surface area contributed by atoms with Crippen LogP contribution in [0.2, 0.25) is 0 Å². The van der Waals surface area contributed by atoms with E-state index in [2.05, 4.69) is 58.9 Å². The second-order valence-electron chi connectivity index (χ2n) is 7.94. The minimum atomic E-state index is -0.798. The van der Waals surface area contributed by atoms with Crippen molar-refractivity contribution in [1.29, 1.82) is 0 Å². The van der Waals surface area contributed by atoms with Gasteiger partial charge in [0.05, 0.1) is 6.42 Å². The Morgan fingerprint density at radius 2 is 1.28 bits per heavy atom. The summed E-state index contributed by atoms with van der Waals surface area (Å²) in [6, 6.07) is 16.7. The van der Waals surface area contributed by atoms with Crippen LogP contribution in [0, 0.1) is 0 Å². The van der Waals surface area contributed by atoms with Crippen LogP contribution in [0.4, 0.5) is 0 Å². The van der Waals surface area contributed by atoms with Crippen molar-refractivity contribution in [2.24, 2.45) is 0 Å². The fraction of sp³-hybridized carbons (Fsp3) is 0.308. The summed E-state index contributed by atoms with van der Waals surface area (Å²) in [5.74, 6) is -0.901.